The van der Waals surface area contributed by atoms with Crippen LogP contribution in [0.15, 0.2) is 224 Å². The van der Waals surface area contributed by atoms with E-state index in [1.165, 1.54) is 42.9 Å². The van der Waals surface area contributed by atoms with Crippen molar-refractivity contribution in [1.29, 1.82) is 0 Å². The lowest BCUT2D eigenvalue weighted by Crippen LogP contribution is -2.04. The lowest BCUT2D eigenvalue weighted by Gasteiger charge is -2.14. The number of nitrogens with zero attached hydrogens (tertiary/aromatic N) is 5. The number of hydrogen-bond acceptors (Lipinski definition) is 4. The summed E-state index contributed by atoms with van der Waals surface area (Å²) in [5.74, 6) is 0.633. The lowest BCUT2D eigenvalue weighted by atomic mass is 9.96. The Bertz CT molecular complexity index is 4250. The zero-order chi connectivity index (χ0) is 44.0. The topological polar surface area (TPSA) is 48.5 Å². The van der Waals surface area contributed by atoms with Gasteiger partial charge in [-0.1, -0.05) is 176 Å². The fourth-order valence-electron chi connectivity index (χ4n) is 10.3. The molecule has 0 bridgehead atoms. The maximum Gasteiger partial charge on any atom is 0.235 e. The fraction of sp³-hybridized carbons (Fsp3) is 0. The van der Waals surface area contributed by atoms with Crippen LogP contribution in [0.1, 0.15) is 0 Å². The molecule has 0 atom stereocenters. The number of fused-ring (bicyclic) bond motifs is 10. The third kappa shape index (κ3) is 5.90. The van der Waals surface area contributed by atoms with E-state index in [4.69, 9.17) is 15.0 Å². The Morgan fingerprint density at radius 1 is 0.343 bits per heavy atom. The van der Waals surface area contributed by atoms with Gasteiger partial charge in [0.1, 0.15) is 5.01 Å². The summed E-state index contributed by atoms with van der Waals surface area (Å²) in [5.41, 5.74) is 15.1. The van der Waals surface area contributed by atoms with Crippen LogP contribution in [0.2, 0.25) is 0 Å². The van der Waals surface area contributed by atoms with Gasteiger partial charge in [-0.05, 0) is 76.0 Å². The van der Waals surface area contributed by atoms with Crippen LogP contribution in [0.25, 0.3) is 131 Å². The molecule has 10 aromatic carbocycles. The summed E-state index contributed by atoms with van der Waals surface area (Å²) in [6.45, 7) is 0. The van der Waals surface area contributed by atoms with E-state index in [9.17, 15) is 0 Å². The molecule has 0 aliphatic carbocycles. The van der Waals surface area contributed by atoms with Gasteiger partial charge in [0, 0.05) is 49.3 Å². The summed E-state index contributed by atoms with van der Waals surface area (Å²) >= 11 is 1.76. The van der Waals surface area contributed by atoms with Crippen molar-refractivity contribution in [2.45, 2.75) is 0 Å². The SMILES string of the molecule is c1ccc(-c2nc3ccc4c5cc(-c6cccc7c8ccccc8n(-c8nc(-c9ccc(-c%10cccc%11ccccc%10%11)cc9)c9ccccc9n8)c67)ccc5n(-c5ccccc5)c4c3s2)cc1. The van der Waals surface area contributed by atoms with Crippen LogP contribution in [0, 0.1) is 0 Å². The second kappa shape index (κ2) is 14.9. The molecule has 4 heterocycles. The van der Waals surface area contributed by atoms with Gasteiger partial charge in [0.25, 0.3) is 0 Å². The third-order valence-electron chi connectivity index (χ3n) is 13.4. The first-order chi connectivity index (χ1) is 33.2. The number of hydrogen-bond donors (Lipinski definition) is 0. The normalized spacial score (nSPS) is 11.9. The largest absolute Gasteiger partial charge is 0.308 e. The van der Waals surface area contributed by atoms with Gasteiger partial charge in [-0.25, -0.2) is 15.0 Å². The third-order valence-corrected chi connectivity index (χ3v) is 14.5. The van der Waals surface area contributed by atoms with Gasteiger partial charge < -0.3 is 4.57 Å². The molecule has 0 spiro atoms. The highest BCUT2D eigenvalue weighted by molar-refractivity contribution is 7.22. The molecule has 0 amide bonds. The van der Waals surface area contributed by atoms with E-state index in [2.05, 4.69) is 234 Å². The minimum atomic E-state index is 0.633. The smallest absolute Gasteiger partial charge is 0.235 e. The highest BCUT2D eigenvalue weighted by Gasteiger charge is 2.23. The van der Waals surface area contributed by atoms with Gasteiger partial charge in [0.2, 0.25) is 5.95 Å². The minimum absolute atomic E-state index is 0.633. The molecule has 0 saturated carbocycles. The Morgan fingerprint density at radius 3 is 1.85 bits per heavy atom. The summed E-state index contributed by atoms with van der Waals surface area (Å²) in [6.07, 6.45) is 0. The number of benzene rings is 10. The molecule has 67 heavy (non-hydrogen) atoms. The van der Waals surface area contributed by atoms with E-state index in [1.807, 2.05) is 0 Å². The molecular weight excluding hydrogens is 835 g/mol. The standard InChI is InChI=1S/C61H37N5S/c1-3-16-41(17-4-1)60-62-53-35-34-49-51-37-42(33-36-55(51)65(58(49)59(53)67-60)43-19-5-2-6-20-43)46-25-14-26-48-47-22-10-12-28-54(47)66(57(46)48)61-63-52-27-11-9-23-50(52)56(64-61)40-31-29-39(30-32-40)45-24-13-18-38-15-7-8-21-44(38)45/h1-37H. The molecule has 14 rings (SSSR count). The monoisotopic (exact) mass is 871 g/mol. The molecule has 14 aromatic rings. The van der Waals surface area contributed by atoms with Crippen molar-refractivity contribution >= 4 is 86.8 Å². The minimum Gasteiger partial charge on any atom is -0.308 e. The van der Waals surface area contributed by atoms with E-state index < -0.39 is 0 Å². The van der Waals surface area contributed by atoms with Crippen molar-refractivity contribution in [2.75, 3.05) is 0 Å². The van der Waals surface area contributed by atoms with Gasteiger partial charge >= 0.3 is 0 Å². The summed E-state index contributed by atoms with van der Waals surface area (Å²) < 4.78 is 5.87. The highest BCUT2D eigenvalue weighted by atomic mass is 32.1. The first-order valence-corrected chi connectivity index (χ1v) is 23.4. The molecule has 0 unspecified atom stereocenters. The average molecular weight is 872 g/mol. The van der Waals surface area contributed by atoms with Gasteiger partial charge in [-0.2, -0.15) is 0 Å². The summed E-state index contributed by atoms with van der Waals surface area (Å²) in [5, 5.41) is 9.18. The predicted molar refractivity (Wildman–Crippen MR) is 281 cm³/mol. The maximum absolute atomic E-state index is 5.53. The van der Waals surface area contributed by atoms with Crippen LogP contribution in [0.3, 0.4) is 0 Å². The van der Waals surface area contributed by atoms with Crippen LogP contribution in [-0.2, 0) is 0 Å². The molecule has 0 aliphatic heterocycles. The molecule has 0 N–H and O–H groups in total. The molecule has 0 fully saturated rings. The van der Waals surface area contributed by atoms with E-state index in [0.29, 0.717) is 5.95 Å². The van der Waals surface area contributed by atoms with Gasteiger partial charge in [-0.3, -0.25) is 4.57 Å². The molecule has 0 saturated heterocycles. The number of aromatic nitrogens is 5. The van der Waals surface area contributed by atoms with E-state index in [-0.39, 0.29) is 0 Å². The summed E-state index contributed by atoms with van der Waals surface area (Å²) in [6, 6.07) is 80.2. The first kappa shape index (κ1) is 37.6. The van der Waals surface area contributed by atoms with Crippen molar-refractivity contribution in [3.8, 4) is 55.7 Å². The lowest BCUT2D eigenvalue weighted by molar-refractivity contribution is 1.01. The molecule has 312 valence electrons. The molecular formula is C61H37N5S. The van der Waals surface area contributed by atoms with Crippen molar-refractivity contribution in [3.05, 3.63) is 224 Å². The Morgan fingerprint density at radius 2 is 0.985 bits per heavy atom. The van der Waals surface area contributed by atoms with E-state index in [0.717, 1.165) is 82.4 Å². The zero-order valence-corrected chi connectivity index (χ0v) is 36.8. The van der Waals surface area contributed by atoms with Gasteiger partial charge in [0.15, 0.2) is 0 Å². The van der Waals surface area contributed by atoms with E-state index in [1.54, 1.807) is 11.3 Å². The fourth-order valence-corrected chi connectivity index (χ4v) is 11.4. The first-order valence-electron chi connectivity index (χ1n) is 22.6. The predicted octanol–water partition coefficient (Wildman–Crippen LogP) is 16.3. The number of rotatable bonds is 6. The molecule has 0 aliphatic rings. The Balaban J connectivity index is 0.979. The second-order valence-corrected chi connectivity index (χ2v) is 18.1. The summed E-state index contributed by atoms with van der Waals surface area (Å²) in [7, 11) is 0. The van der Waals surface area contributed by atoms with Crippen LogP contribution in [0.4, 0.5) is 0 Å². The second-order valence-electron chi connectivity index (χ2n) is 17.1. The Labute approximate surface area is 389 Å². The van der Waals surface area contributed by atoms with Gasteiger partial charge in [-0.15, -0.1) is 11.3 Å². The molecule has 5 nitrogen and oxygen atoms in total. The molecule has 4 aromatic heterocycles. The zero-order valence-electron chi connectivity index (χ0n) is 36.0. The number of para-hydroxylation sites is 4. The van der Waals surface area contributed by atoms with Crippen molar-refractivity contribution in [3.63, 3.8) is 0 Å². The maximum atomic E-state index is 5.53. The van der Waals surface area contributed by atoms with Gasteiger partial charge in [0.05, 0.1) is 43.5 Å². The molecule has 6 heteroatoms. The molecule has 0 radical (unpaired) electrons. The quantitative estimate of drug-likeness (QED) is 0.167. The van der Waals surface area contributed by atoms with Crippen molar-refractivity contribution < 1.29 is 0 Å². The average Bonchev–Trinajstić information content (AvgIpc) is 4.09. The van der Waals surface area contributed by atoms with Crippen LogP contribution < -0.4 is 0 Å². The Hall–Kier alpha value is -8.71. The van der Waals surface area contributed by atoms with E-state index >= 15 is 0 Å². The van der Waals surface area contributed by atoms with Crippen LogP contribution >= 0.6 is 11.3 Å². The Kier molecular flexibility index (Phi) is 8.38. The highest BCUT2D eigenvalue weighted by Crippen LogP contribution is 2.44. The number of thiazole rings is 1. The van der Waals surface area contributed by atoms with Crippen molar-refractivity contribution in [1.82, 2.24) is 24.1 Å². The summed E-state index contributed by atoms with van der Waals surface area (Å²) in [4.78, 5) is 16.0. The van der Waals surface area contributed by atoms with Crippen LogP contribution in [0.5, 0.6) is 0 Å². The van der Waals surface area contributed by atoms with Crippen LogP contribution in [-0.4, -0.2) is 24.1 Å². The van der Waals surface area contributed by atoms with Crippen molar-refractivity contribution in [2.24, 2.45) is 0 Å².